The average molecular weight is 289 g/mol. The number of hydrogen-bond acceptors (Lipinski definition) is 7. The van der Waals surface area contributed by atoms with Crippen molar-refractivity contribution < 1.29 is 33.7 Å². The van der Waals surface area contributed by atoms with Gasteiger partial charge < -0.3 is 24.6 Å². The fourth-order valence-electron chi connectivity index (χ4n) is 1.95. The SMILES string of the molecule is CC(=O)N[C@@H]1C[C@H](OC(C)=O)[C@@H](COC(C)=O)O[C@H]1O. The Hall–Kier alpha value is -1.67. The van der Waals surface area contributed by atoms with E-state index in [1.54, 1.807) is 0 Å². The van der Waals surface area contributed by atoms with Crippen LogP contribution in [0.2, 0.25) is 0 Å². The van der Waals surface area contributed by atoms with Crippen LogP contribution < -0.4 is 5.32 Å². The maximum atomic E-state index is 11.1. The Bertz CT molecular complexity index is 384. The highest BCUT2D eigenvalue weighted by molar-refractivity contribution is 5.73. The largest absolute Gasteiger partial charge is 0.463 e. The average Bonchev–Trinajstić information content (AvgIpc) is 2.29. The molecule has 8 heteroatoms. The van der Waals surface area contributed by atoms with E-state index < -0.39 is 36.5 Å². The summed E-state index contributed by atoms with van der Waals surface area (Å²) < 4.78 is 15.1. The van der Waals surface area contributed by atoms with E-state index in [0.717, 1.165) is 0 Å². The lowest BCUT2D eigenvalue weighted by Gasteiger charge is -2.38. The highest BCUT2D eigenvalue weighted by Gasteiger charge is 2.40. The van der Waals surface area contributed by atoms with E-state index in [0.29, 0.717) is 0 Å². The van der Waals surface area contributed by atoms with Crippen LogP contribution in [0.1, 0.15) is 27.2 Å². The maximum Gasteiger partial charge on any atom is 0.302 e. The Balaban J connectivity index is 2.70. The number of rotatable bonds is 4. The van der Waals surface area contributed by atoms with Gasteiger partial charge in [-0.1, -0.05) is 0 Å². The standard InChI is InChI=1S/C12H19NO7/c1-6(14)13-9-4-10(19-8(3)16)11(20-12(9)17)5-18-7(2)15/h9-12,17H,4-5H2,1-3H3,(H,13,14)/t9-,10+,11-,12-/m1/s1. The number of carbonyl (C=O) groups is 3. The normalized spacial score (nSPS) is 29.4. The number of aliphatic hydroxyl groups excluding tert-OH is 1. The third-order valence-corrected chi connectivity index (χ3v) is 2.72. The lowest BCUT2D eigenvalue weighted by molar-refractivity contribution is -0.231. The second-order valence-electron chi connectivity index (χ2n) is 4.56. The van der Waals surface area contributed by atoms with Crippen LogP contribution in [0.5, 0.6) is 0 Å². The van der Waals surface area contributed by atoms with Gasteiger partial charge in [-0.2, -0.15) is 0 Å². The summed E-state index contributed by atoms with van der Waals surface area (Å²) in [7, 11) is 0. The van der Waals surface area contributed by atoms with Crippen molar-refractivity contribution in [3.63, 3.8) is 0 Å². The monoisotopic (exact) mass is 289 g/mol. The zero-order chi connectivity index (χ0) is 15.3. The van der Waals surface area contributed by atoms with Gasteiger partial charge in [-0.3, -0.25) is 14.4 Å². The Morgan fingerprint density at radius 2 is 1.90 bits per heavy atom. The molecule has 1 rings (SSSR count). The molecule has 20 heavy (non-hydrogen) atoms. The molecule has 8 nitrogen and oxygen atoms in total. The molecule has 114 valence electrons. The first-order valence-corrected chi connectivity index (χ1v) is 6.20. The molecule has 0 radical (unpaired) electrons. The Morgan fingerprint density at radius 1 is 1.25 bits per heavy atom. The zero-order valence-electron chi connectivity index (χ0n) is 11.6. The van der Waals surface area contributed by atoms with Gasteiger partial charge in [0.05, 0.1) is 6.04 Å². The minimum absolute atomic E-state index is 0.142. The molecule has 1 aliphatic rings. The van der Waals surface area contributed by atoms with Crippen LogP contribution in [0, 0.1) is 0 Å². The molecule has 0 unspecified atom stereocenters. The molecule has 0 saturated carbocycles. The smallest absolute Gasteiger partial charge is 0.302 e. The van der Waals surface area contributed by atoms with Gasteiger partial charge in [0.2, 0.25) is 5.91 Å². The summed E-state index contributed by atoms with van der Waals surface area (Å²) in [5.41, 5.74) is 0. The molecule has 4 atom stereocenters. The van der Waals surface area contributed by atoms with Gasteiger partial charge in [0, 0.05) is 27.2 Å². The Morgan fingerprint density at radius 3 is 2.40 bits per heavy atom. The van der Waals surface area contributed by atoms with Gasteiger partial charge in [-0.15, -0.1) is 0 Å². The van der Waals surface area contributed by atoms with Crippen molar-refractivity contribution in [2.24, 2.45) is 0 Å². The molecule has 0 aromatic carbocycles. The summed E-state index contributed by atoms with van der Waals surface area (Å²) in [4.78, 5) is 32.9. The maximum absolute atomic E-state index is 11.1. The van der Waals surface area contributed by atoms with Crippen molar-refractivity contribution in [3.8, 4) is 0 Å². The fraction of sp³-hybridized carbons (Fsp3) is 0.750. The van der Waals surface area contributed by atoms with Gasteiger partial charge in [-0.05, 0) is 0 Å². The van der Waals surface area contributed by atoms with Gasteiger partial charge in [-0.25, -0.2) is 0 Å². The van der Waals surface area contributed by atoms with Crippen LogP contribution in [0.15, 0.2) is 0 Å². The van der Waals surface area contributed by atoms with Crippen LogP contribution in [-0.4, -0.2) is 54.1 Å². The molecule has 1 amide bonds. The predicted molar refractivity (Wildman–Crippen MR) is 65.3 cm³/mol. The molecule has 0 aromatic rings. The molecule has 2 N–H and O–H groups in total. The zero-order valence-corrected chi connectivity index (χ0v) is 11.6. The number of aliphatic hydroxyl groups is 1. The summed E-state index contributed by atoms with van der Waals surface area (Å²) in [5.74, 6) is -1.37. The van der Waals surface area contributed by atoms with Crippen molar-refractivity contribution in [3.05, 3.63) is 0 Å². The highest BCUT2D eigenvalue weighted by Crippen LogP contribution is 2.22. The first kappa shape index (κ1) is 16.4. The molecule has 0 bridgehead atoms. The Labute approximate surface area is 116 Å². The molecule has 1 saturated heterocycles. The fourth-order valence-corrected chi connectivity index (χ4v) is 1.95. The highest BCUT2D eigenvalue weighted by atomic mass is 16.6. The Kier molecular flexibility index (Phi) is 5.90. The molecule has 1 aliphatic heterocycles. The summed E-state index contributed by atoms with van der Waals surface area (Å²) in [6, 6.07) is -0.689. The van der Waals surface area contributed by atoms with Crippen molar-refractivity contribution in [2.75, 3.05) is 6.61 Å². The molecule has 0 aliphatic carbocycles. The first-order chi connectivity index (χ1) is 9.29. The van der Waals surface area contributed by atoms with E-state index in [4.69, 9.17) is 14.2 Å². The van der Waals surface area contributed by atoms with E-state index in [1.807, 2.05) is 0 Å². The number of hydrogen-bond donors (Lipinski definition) is 2. The molecule has 0 spiro atoms. The minimum atomic E-state index is -1.26. The van der Waals surface area contributed by atoms with Gasteiger partial charge >= 0.3 is 11.9 Å². The van der Waals surface area contributed by atoms with E-state index in [2.05, 4.69) is 5.32 Å². The van der Waals surface area contributed by atoms with Crippen molar-refractivity contribution >= 4 is 17.8 Å². The lowest BCUT2D eigenvalue weighted by atomic mass is 10.0. The molecule has 1 heterocycles. The summed E-state index contributed by atoms with van der Waals surface area (Å²) in [6.07, 6.45) is -2.58. The van der Waals surface area contributed by atoms with E-state index in [-0.39, 0.29) is 18.9 Å². The third kappa shape index (κ3) is 5.14. The molecular formula is C12H19NO7. The topological polar surface area (TPSA) is 111 Å². The number of amides is 1. The third-order valence-electron chi connectivity index (χ3n) is 2.72. The number of nitrogens with one attached hydrogen (secondary N) is 1. The second kappa shape index (κ2) is 7.20. The van der Waals surface area contributed by atoms with Crippen LogP contribution in [0.3, 0.4) is 0 Å². The van der Waals surface area contributed by atoms with Gasteiger partial charge in [0.25, 0.3) is 0 Å². The summed E-state index contributed by atoms with van der Waals surface area (Å²) in [6.45, 7) is 3.64. The van der Waals surface area contributed by atoms with Gasteiger partial charge in [0.15, 0.2) is 6.29 Å². The molecule has 0 aromatic heterocycles. The van der Waals surface area contributed by atoms with Crippen molar-refractivity contribution in [1.82, 2.24) is 5.32 Å². The number of carbonyl (C=O) groups excluding carboxylic acids is 3. The number of ether oxygens (including phenoxy) is 3. The molecule has 1 fully saturated rings. The summed E-state index contributed by atoms with van der Waals surface area (Å²) >= 11 is 0. The first-order valence-electron chi connectivity index (χ1n) is 6.20. The van der Waals surface area contributed by atoms with E-state index in [1.165, 1.54) is 20.8 Å². The second-order valence-corrected chi connectivity index (χ2v) is 4.56. The quantitative estimate of drug-likeness (QED) is 0.645. The van der Waals surface area contributed by atoms with Crippen LogP contribution >= 0.6 is 0 Å². The van der Waals surface area contributed by atoms with Crippen LogP contribution in [0.25, 0.3) is 0 Å². The van der Waals surface area contributed by atoms with Crippen molar-refractivity contribution in [1.29, 1.82) is 0 Å². The lowest BCUT2D eigenvalue weighted by Crippen LogP contribution is -2.56. The predicted octanol–water partition coefficient (Wildman–Crippen LogP) is -0.907. The summed E-state index contributed by atoms with van der Waals surface area (Å²) in [5, 5.41) is 12.3. The van der Waals surface area contributed by atoms with Gasteiger partial charge in [0.1, 0.15) is 18.8 Å². The minimum Gasteiger partial charge on any atom is -0.463 e. The van der Waals surface area contributed by atoms with Crippen LogP contribution in [0.4, 0.5) is 0 Å². The number of esters is 2. The van der Waals surface area contributed by atoms with E-state index in [9.17, 15) is 19.5 Å². The van der Waals surface area contributed by atoms with Crippen molar-refractivity contribution in [2.45, 2.75) is 51.7 Å². The van der Waals surface area contributed by atoms with E-state index >= 15 is 0 Å². The van der Waals surface area contributed by atoms with Crippen LogP contribution in [-0.2, 0) is 28.6 Å². The molecular weight excluding hydrogens is 270 g/mol.